The topological polar surface area (TPSA) is 61.0 Å². The van der Waals surface area contributed by atoms with Crippen LogP contribution in [0.25, 0.3) is 22.2 Å². The van der Waals surface area contributed by atoms with Gasteiger partial charge in [-0.1, -0.05) is 40.7 Å². The zero-order chi connectivity index (χ0) is 26.0. The minimum absolute atomic E-state index is 0.155. The number of carbonyl (C=O) groups excluding carboxylic acids is 1. The first kappa shape index (κ1) is 26.4. The summed E-state index contributed by atoms with van der Waals surface area (Å²) in [5.74, 6) is 1.11. The maximum Gasteiger partial charge on any atom is 0.234 e. The number of pyridine rings is 1. The SMILES string of the molecule is Cc1cc(-c2[nH]c3ccc(C4CCN(CC(=O)NCCC(C)(C)C)CC4)cc3c2C(C)C)cc(C)n1. The van der Waals surface area contributed by atoms with Crippen LogP contribution in [-0.2, 0) is 4.79 Å². The van der Waals surface area contributed by atoms with Crippen molar-refractivity contribution in [1.82, 2.24) is 20.2 Å². The fourth-order valence-electron chi connectivity index (χ4n) is 5.55. The Balaban J connectivity index is 1.46. The quantitative estimate of drug-likeness (QED) is 0.389. The van der Waals surface area contributed by atoms with Gasteiger partial charge in [0.1, 0.15) is 0 Å². The van der Waals surface area contributed by atoms with Crippen molar-refractivity contribution in [3.63, 3.8) is 0 Å². The Morgan fingerprint density at radius 2 is 1.78 bits per heavy atom. The summed E-state index contributed by atoms with van der Waals surface area (Å²) in [6.45, 7) is 18.5. The molecule has 2 aromatic heterocycles. The molecule has 1 fully saturated rings. The minimum atomic E-state index is 0.155. The van der Waals surface area contributed by atoms with Gasteiger partial charge in [-0.15, -0.1) is 0 Å². The molecule has 1 saturated heterocycles. The molecule has 5 heteroatoms. The van der Waals surface area contributed by atoms with E-state index in [-0.39, 0.29) is 11.3 Å². The molecule has 4 rings (SSSR count). The molecule has 5 nitrogen and oxygen atoms in total. The Bertz CT molecular complexity index is 1190. The maximum atomic E-state index is 12.4. The first-order valence-corrected chi connectivity index (χ1v) is 13.6. The second-order valence-corrected chi connectivity index (χ2v) is 12.2. The maximum absolute atomic E-state index is 12.4. The molecule has 1 aromatic carbocycles. The Morgan fingerprint density at radius 1 is 1.11 bits per heavy atom. The summed E-state index contributed by atoms with van der Waals surface area (Å²) in [5, 5.41) is 4.44. The van der Waals surface area contributed by atoms with Gasteiger partial charge in [0.05, 0.1) is 12.2 Å². The number of hydrogen-bond donors (Lipinski definition) is 2. The Kier molecular flexibility index (Phi) is 7.89. The summed E-state index contributed by atoms with van der Waals surface area (Å²) in [7, 11) is 0. The third kappa shape index (κ3) is 6.36. The van der Waals surface area contributed by atoms with Crippen molar-refractivity contribution in [2.24, 2.45) is 5.41 Å². The number of amides is 1. The number of nitrogens with zero attached hydrogens (tertiary/aromatic N) is 2. The predicted molar refractivity (Wildman–Crippen MR) is 151 cm³/mol. The van der Waals surface area contributed by atoms with Crippen molar-refractivity contribution in [3.8, 4) is 11.3 Å². The molecule has 2 N–H and O–H groups in total. The molecule has 1 aliphatic heterocycles. The number of H-pyrrole nitrogens is 1. The second kappa shape index (κ2) is 10.8. The number of hydrogen-bond acceptors (Lipinski definition) is 3. The lowest BCUT2D eigenvalue weighted by molar-refractivity contribution is -0.122. The van der Waals surface area contributed by atoms with E-state index in [1.165, 1.54) is 33.3 Å². The van der Waals surface area contributed by atoms with Crippen LogP contribution in [0.2, 0.25) is 0 Å². The van der Waals surface area contributed by atoms with Gasteiger partial charge in [0, 0.05) is 34.4 Å². The summed E-state index contributed by atoms with van der Waals surface area (Å²) in [5.41, 5.74) is 8.80. The molecule has 0 saturated carbocycles. The van der Waals surface area contributed by atoms with E-state index in [1.54, 1.807) is 0 Å². The summed E-state index contributed by atoms with van der Waals surface area (Å²) in [6.07, 6.45) is 3.19. The van der Waals surface area contributed by atoms with E-state index in [0.29, 0.717) is 18.4 Å². The number of likely N-dealkylation sites (tertiary alicyclic amines) is 1. The molecular formula is C31H44N4O. The summed E-state index contributed by atoms with van der Waals surface area (Å²) in [4.78, 5) is 23.0. The largest absolute Gasteiger partial charge is 0.355 e. The minimum Gasteiger partial charge on any atom is -0.355 e. The van der Waals surface area contributed by atoms with Gasteiger partial charge >= 0.3 is 0 Å². The van der Waals surface area contributed by atoms with Crippen LogP contribution in [0.5, 0.6) is 0 Å². The van der Waals surface area contributed by atoms with Crippen molar-refractivity contribution in [2.75, 3.05) is 26.2 Å². The number of benzene rings is 1. The third-order valence-corrected chi connectivity index (χ3v) is 7.43. The number of fused-ring (bicyclic) bond motifs is 1. The van der Waals surface area contributed by atoms with Gasteiger partial charge in [-0.2, -0.15) is 0 Å². The van der Waals surface area contributed by atoms with Crippen LogP contribution < -0.4 is 5.32 Å². The lowest BCUT2D eigenvalue weighted by atomic mass is 9.87. The van der Waals surface area contributed by atoms with Gasteiger partial charge in [0.15, 0.2) is 0 Å². The molecule has 0 radical (unpaired) electrons. The number of nitrogens with one attached hydrogen (secondary N) is 2. The van der Waals surface area contributed by atoms with Crippen molar-refractivity contribution in [3.05, 3.63) is 52.8 Å². The first-order valence-electron chi connectivity index (χ1n) is 13.6. The predicted octanol–water partition coefficient (Wildman–Crippen LogP) is 6.70. The van der Waals surface area contributed by atoms with Gasteiger partial charge in [0.2, 0.25) is 5.91 Å². The van der Waals surface area contributed by atoms with Crippen molar-refractivity contribution < 1.29 is 4.79 Å². The molecule has 36 heavy (non-hydrogen) atoms. The third-order valence-electron chi connectivity index (χ3n) is 7.43. The normalized spacial score (nSPS) is 15.7. The molecule has 0 atom stereocenters. The zero-order valence-electron chi connectivity index (χ0n) is 23.3. The van der Waals surface area contributed by atoms with Crippen LogP contribution in [0.1, 0.15) is 88.2 Å². The lowest BCUT2D eigenvalue weighted by Gasteiger charge is -2.32. The van der Waals surface area contributed by atoms with Gasteiger partial charge in [-0.05, 0) is 98.8 Å². The fraction of sp³-hybridized carbons (Fsp3) is 0.548. The first-order chi connectivity index (χ1) is 17.0. The molecule has 1 amide bonds. The Morgan fingerprint density at radius 3 is 2.39 bits per heavy atom. The molecule has 3 aromatic rings. The Labute approximate surface area is 217 Å². The molecular weight excluding hydrogens is 444 g/mol. The summed E-state index contributed by atoms with van der Waals surface area (Å²) >= 11 is 0. The van der Waals surface area contributed by atoms with Crippen LogP contribution in [0.4, 0.5) is 0 Å². The number of aryl methyl sites for hydroxylation is 2. The highest BCUT2D eigenvalue weighted by molar-refractivity contribution is 5.92. The molecule has 3 heterocycles. The molecule has 0 aliphatic carbocycles. The number of aromatic nitrogens is 2. The van der Waals surface area contributed by atoms with E-state index in [9.17, 15) is 4.79 Å². The Hall–Kier alpha value is -2.66. The van der Waals surface area contributed by atoms with Crippen molar-refractivity contribution in [1.29, 1.82) is 0 Å². The van der Waals surface area contributed by atoms with E-state index >= 15 is 0 Å². The van der Waals surface area contributed by atoms with Crippen LogP contribution in [-0.4, -0.2) is 47.0 Å². The highest BCUT2D eigenvalue weighted by Crippen LogP contribution is 2.38. The van der Waals surface area contributed by atoms with Gasteiger partial charge in [-0.25, -0.2) is 0 Å². The highest BCUT2D eigenvalue weighted by Gasteiger charge is 2.24. The van der Waals surface area contributed by atoms with E-state index < -0.39 is 0 Å². The number of rotatable bonds is 7. The molecule has 1 aliphatic rings. The molecule has 194 valence electrons. The zero-order valence-corrected chi connectivity index (χ0v) is 23.3. The van der Waals surface area contributed by atoms with E-state index in [0.717, 1.165) is 50.3 Å². The molecule has 0 unspecified atom stereocenters. The lowest BCUT2D eigenvalue weighted by Crippen LogP contribution is -2.41. The summed E-state index contributed by atoms with van der Waals surface area (Å²) in [6, 6.07) is 11.3. The number of aromatic amines is 1. The second-order valence-electron chi connectivity index (χ2n) is 12.2. The van der Waals surface area contributed by atoms with Crippen LogP contribution >= 0.6 is 0 Å². The molecule has 0 bridgehead atoms. The monoisotopic (exact) mass is 488 g/mol. The van der Waals surface area contributed by atoms with Crippen LogP contribution in [0, 0.1) is 19.3 Å². The van der Waals surface area contributed by atoms with E-state index in [1.807, 2.05) is 0 Å². The number of piperidine rings is 1. The van der Waals surface area contributed by atoms with Gasteiger partial charge in [0.25, 0.3) is 0 Å². The van der Waals surface area contributed by atoms with Crippen molar-refractivity contribution in [2.45, 2.75) is 79.6 Å². The van der Waals surface area contributed by atoms with Crippen LogP contribution in [0.15, 0.2) is 30.3 Å². The average molecular weight is 489 g/mol. The smallest absolute Gasteiger partial charge is 0.234 e. The molecule has 0 spiro atoms. The van der Waals surface area contributed by atoms with E-state index in [4.69, 9.17) is 0 Å². The highest BCUT2D eigenvalue weighted by atomic mass is 16.2. The fourth-order valence-corrected chi connectivity index (χ4v) is 5.55. The van der Waals surface area contributed by atoms with Crippen LogP contribution in [0.3, 0.4) is 0 Å². The van der Waals surface area contributed by atoms with Gasteiger partial charge < -0.3 is 10.3 Å². The standard InChI is InChI=1S/C31H44N4O/c1-20(2)29-26-18-24(8-9-27(26)34-30(29)25-16-21(3)33-22(4)17-25)23-10-14-35(15-11-23)19-28(36)32-13-12-31(5,6)7/h8-9,16-18,20,23,34H,10-15,19H2,1-7H3,(H,32,36). The van der Waals surface area contributed by atoms with E-state index in [2.05, 4.69) is 99.0 Å². The van der Waals surface area contributed by atoms with Gasteiger partial charge in [-0.3, -0.25) is 14.7 Å². The average Bonchev–Trinajstić information content (AvgIpc) is 3.17. The summed E-state index contributed by atoms with van der Waals surface area (Å²) < 4.78 is 0. The van der Waals surface area contributed by atoms with Crippen molar-refractivity contribution >= 4 is 16.8 Å². The number of carbonyl (C=O) groups is 1.